The Morgan fingerprint density at radius 3 is 2.66 bits per heavy atom. The second kappa shape index (κ2) is 11.3. The first-order valence-corrected chi connectivity index (χ1v) is 11.8. The van der Waals surface area contributed by atoms with Gasteiger partial charge in [0.15, 0.2) is 12.2 Å². The molecule has 0 aliphatic carbocycles. The van der Waals surface area contributed by atoms with Gasteiger partial charge in [-0.25, -0.2) is 4.99 Å². The maximum absolute atomic E-state index is 12.9. The van der Waals surface area contributed by atoms with Crippen molar-refractivity contribution < 1.29 is 29.3 Å². The lowest BCUT2D eigenvalue weighted by atomic mass is 10.0. The Morgan fingerprint density at radius 2 is 1.89 bits per heavy atom. The molecule has 2 amide bonds. The van der Waals surface area contributed by atoms with Gasteiger partial charge in [-0.1, -0.05) is 48.5 Å². The van der Waals surface area contributed by atoms with Crippen LogP contribution >= 0.6 is 0 Å². The number of benzene rings is 2. The van der Waals surface area contributed by atoms with Crippen LogP contribution < -0.4 is 10.1 Å². The van der Waals surface area contributed by atoms with Gasteiger partial charge in [-0.3, -0.25) is 9.59 Å². The second-order valence-electron chi connectivity index (χ2n) is 8.71. The van der Waals surface area contributed by atoms with Crippen LogP contribution in [0.5, 0.6) is 5.75 Å². The number of nitrogens with one attached hydrogen (secondary N) is 1. The molecule has 4 atom stereocenters. The van der Waals surface area contributed by atoms with E-state index in [1.165, 1.54) is 4.90 Å². The zero-order valence-corrected chi connectivity index (χ0v) is 19.7. The number of ether oxygens (including phenoxy) is 2. The van der Waals surface area contributed by atoms with Crippen LogP contribution in [0.15, 0.2) is 59.6 Å². The number of hydrogen-bond donors (Lipinski definition) is 3. The molecular formula is C26H31N3O6. The molecule has 1 fully saturated rings. The van der Waals surface area contributed by atoms with Crippen molar-refractivity contribution in [1.82, 2.24) is 10.2 Å². The minimum atomic E-state index is -1.90. The van der Waals surface area contributed by atoms with Crippen LogP contribution in [0, 0.1) is 0 Å². The highest BCUT2D eigenvalue weighted by atomic mass is 16.5. The molecule has 0 aromatic heterocycles. The van der Waals surface area contributed by atoms with Crippen molar-refractivity contribution in [3.8, 4) is 5.75 Å². The summed E-state index contributed by atoms with van der Waals surface area (Å²) in [6.45, 7) is 0.778. The molecule has 0 spiro atoms. The summed E-state index contributed by atoms with van der Waals surface area (Å²) >= 11 is 0. The Kier molecular flexibility index (Phi) is 7.99. The summed E-state index contributed by atoms with van der Waals surface area (Å²) in [5, 5.41) is 23.3. The number of likely N-dealkylation sites (tertiary alicyclic amines) is 1. The van der Waals surface area contributed by atoms with E-state index in [4.69, 9.17) is 9.47 Å². The van der Waals surface area contributed by atoms with Crippen LogP contribution in [-0.2, 0) is 20.7 Å². The first kappa shape index (κ1) is 24.7. The quantitative estimate of drug-likeness (QED) is 0.496. The zero-order chi connectivity index (χ0) is 24.8. The molecule has 2 heterocycles. The topological polar surface area (TPSA) is 121 Å². The molecular weight excluding hydrogens is 450 g/mol. The number of hydrogen-bond acceptors (Lipinski definition) is 7. The van der Waals surface area contributed by atoms with Gasteiger partial charge >= 0.3 is 0 Å². The number of rotatable bonds is 9. The summed E-state index contributed by atoms with van der Waals surface area (Å²) in [6, 6.07) is 16.9. The molecule has 2 aliphatic rings. The fourth-order valence-electron chi connectivity index (χ4n) is 4.57. The normalized spacial score (nSPS) is 21.1. The van der Waals surface area contributed by atoms with Gasteiger partial charge in [0.05, 0.1) is 25.7 Å². The number of amides is 2. The Bertz CT molecular complexity index is 1060. The summed E-state index contributed by atoms with van der Waals surface area (Å²) in [7, 11) is 1.62. The highest BCUT2D eigenvalue weighted by Gasteiger charge is 2.38. The average molecular weight is 482 g/mol. The minimum Gasteiger partial charge on any atom is -0.496 e. The number of methoxy groups -OCH3 is 1. The molecule has 2 unspecified atom stereocenters. The number of carbonyl (C=O) groups is 2. The Morgan fingerprint density at radius 1 is 1.14 bits per heavy atom. The molecule has 3 N–H and O–H groups in total. The maximum Gasteiger partial charge on any atom is 0.255 e. The van der Waals surface area contributed by atoms with Crippen LogP contribution in [0.1, 0.15) is 30.0 Å². The van der Waals surface area contributed by atoms with E-state index in [1.807, 2.05) is 54.6 Å². The van der Waals surface area contributed by atoms with E-state index >= 15 is 0 Å². The highest BCUT2D eigenvalue weighted by molar-refractivity contribution is 5.93. The van der Waals surface area contributed by atoms with Gasteiger partial charge in [0.25, 0.3) is 11.8 Å². The largest absolute Gasteiger partial charge is 0.496 e. The molecule has 0 saturated carbocycles. The predicted octanol–water partition coefficient (Wildman–Crippen LogP) is 1.24. The molecule has 0 bridgehead atoms. The van der Waals surface area contributed by atoms with Crippen molar-refractivity contribution in [2.24, 2.45) is 4.99 Å². The predicted molar refractivity (Wildman–Crippen MR) is 129 cm³/mol. The highest BCUT2D eigenvalue weighted by Crippen LogP contribution is 2.32. The number of aliphatic hydroxyl groups excluding tert-OH is 2. The lowest BCUT2D eigenvalue weighted by Crippen LogP contribution is -2.51. The lowest BCUT2D eigenvalue weighted by molar-refractivity contribution is -0.153. The van der Waals surface area contributed by atoms with Crippen molar-refractivity contribution in [3.05, 3.63) is 65.7 Å². The van der Waals surface area contributed by atoms with Gasteiger partial charge in [0.2, 0.25) is 5.90 Å². The Hall–Kier alpha value is -3.43. The van der Waals surface area contributed by atoms with Crippen LogP contribution in [-0.4, -0.2) is 77.9 Å². The molecule has 186 valence electrons. The molecule has 2 aromatic carbocycles. The van der Waals surface area contributed by atoms with Crippen LogP contribution in [0.4, 0.5) is 0 Å². The van der Waals surface area contributed by atoms with Crippen LogP contribution in [0.3, 0.4) is 0 Å². The van der Waals surface area contributed by atoms with Crippen molar-refractivity contribution in [3.63, 3.8) is 0 Å². The number of para-hydroxylation sites is 1. The number of carbonyl (C=O) groups excluding carboxylic acids is 2. The number of aliphatic hydroxyl groups is 2. The monoisotopic (exact) mass is 481 g/mol. The van der Waals surface area contributed by atoms with Gasteiger partial charge in [0.1, 0.15) is 12.4 Å². The van der Waals surface area contributed by atoms with Crippen LogP contribution in [0.2, 0.25) is 0 Å². The smallest absolute Gasteiger partial charge is 0.255 e. The van der Waals surface area contributed by atoms with Gasteiger partial charge in [-0.05, 0) is 30.0 Å². The first-order chi connectivity index (χ1) is 17.0. The molecule has 2 aromatic rings. The van der Waals surface area contributed by atoms with E-state index in [9.17, 15) is 19.8 Å². The summed E-state index contributed by atoms with van der Waals surface area (Å²) in [6.07, 6.45) is -1.59. The van der Waals surface area contributed by atoms with Crippen molar-refractivity contribution >= 4 is 17.7 Å². The molecule has 4 rings (SSSR count). The van der Waals surface area contributed by atoms with E-state index in [0.717, 1.165) is 29.7 Å². The molecule has 9 heteroatoms. The fraction of sp³-hybridized carbons (Fsp3) is 0.423. The van der Waals surface area contributed by atoms with E-state index in [1.54, 1.807) is 7.11 Å². The third-order valence-electron chi connectivity index (χ3n) is 6.37. The summed E-state index contributed by atoms with van der Waals surface area (Å²) in [5.74, 6) is -0.417. The van der Waals surface area contributed by atoms with Crippen LogP contribution in [0.25, 0.3) is 0 Å². The Labute approximate surface area is 204 Å². The van der Waals surface area contributed by atoms with E-state index in [2.05, 4.69) is 10.3 Å². The fourth-order valence-corrected chi connectivity index (χ4v) is 4.57. The van der Waals surface area contributed by atoms with Crippen molar-refractivity contribution in [2.45, 2.75) is 43.6 Å². The minimum absolute atomic E-state index is 0.0460. The standard InChI is InChI=1S/C26H31N3O6/c1-34-21-12-6-5-10-18(21)14-19-16-35-22(28-19)15-27-25(32)23(30)24(31)26(33)29-13-7-11-20(29)17-8-3-2-4-9-17/h2-6,8-10,12,19-20,23-24,30-31H,7,11,13-16H2,1H3,(H,27,32)/t19?,20?,23-,24-/m1/s1. The van der Waals surface area contributed by atoms with Gasteiger partial charge in [-0.2, -0.15) is 0 Å². The molecule has 2 aliphatic heterocycles. The number of nitrogens with zero attached hydrogens (tertiary/aromatic N) is 2. The average Bonchev–Trinajstić information content (AvgIpc) is 3.56. The lowest BCUT2D eigenvalue weighted by Gasteiger charge is -2.28. The SMILES string of the molecule is COc1ccccc1CC1COC(CNC(=O)[C@H](O)[C@@H](O)C(=O)N2CCCC2c2ccccc2)=N1. The third kappa shape index (κ3) is 5.80. The van der Waals surface area contributed by atoms with Crippen molar-refractivity contribution in [2.75, 3.05) is 26.8 Å². The molecule has 35 heavy (non-hydrogen) atoms. The van der Waals surface area contributed by atoms with Crippen molar-refractivity contribution in [1.29, 1.82) is 0 Å². The van der Waals surface area contributed by atoms with Gasteiger partial charge < -0.3 is 29.9 Å². The molecule has 9 nitrogen and oxygen atoms in total. The van der Waals surface area contributed by atoms with Gasteiger partial charge in [-0.15, -0.1) is 0 Å². The van der Waals surface area contributed by atoms with E-state index in [0.29, 0.717) is 25.5 Å². The second-order valence-corrected chi connectivity index (χ2v) is 8.71. The zero-order valence-electron chi connectivity index (χ0n) is 19.7. The molecule has 1 saturated heterocycles. The summed E-state index contributed by atoms with van der Waals surface area (Å²) in [5.41, 5.74) is 1.97. The van der Waals surface area contributed by atoms with Gasteiger partial charge in [0, 0.05) is 13.0 Å². The maximum atomic E-state index is 12.9. The first-order valence-electron chi connectivity index (χ1n) is 11.8. The van der Waals surface area contributed by atoms with E-state index < -0.39 is 24.0 Å². The third-order valence-corrected chi connectivity index (χ3v) is 6.37. The van der Waals surface area contributed by atoms with E-state index in [-0.39, 0.29) is 18.6 Å². The molecule has 0 radical (unpaired) electrons. The Balaban J connectivity index is 1.29. The summed E-state index contributed by atoms with van der Waals surface area (Å²) in [4.78, 5) is 31.3. The number of aliphatic imine (C=N–C) groups is 1. The summed E-state index contributed by atoms with van der Waals surface area (Å²) < 4.78 is 10.9.